The molecule has 0 atom stereocenters. The molecular formula is C10H11BrO4S. The lowest BCUT2D eigenvalue weighted by molar-refractivity contribution is -0.136. The third kappa shape index (κ3) is 3.05. The Balaban J connectivity index is 3.15. The van der Waals surface area contributed by atoms with Crippen LogP contribution in [0, 0.1) is 0 Å². The number of hydrogen-bond donors (Lipinski definition) is 1. The summed E-state index contributed by atoms with van der Waals surface area (Å²) in [7, 11) is -3.27. The fourth-order valence-corrected chi connectivity index (χ4v) is 3.35. The lowest BCUT2D eigenvalue weighted by Gasteiger charge is -2.06. The molecule has 6 heteroatoms. The highest BCUT2D eigenvalue weighted by atomic mass is 79.9. The van der Waals surface area contributed by atoms with Gasteiger partial charge >= 0.3 is 5.97 Å². The zero-order chi connectivity index (χ0) is 12.3. The van der Waals surface area contributed by atoms with Gasteiger partial charge in [-0.3, -0.25) is 4.79 Å². The van der Waals surface area contributed by atoms with Crippen molar-refractivity contribution in [1.82, 2.24) is 0 Å². The molecule has 0 saturated carbocycles. The van der Waals surface area contributed by atoms with E-state index in [1.165, 1.54) is 18.2 Å². The van der Waals surface area contributed by atoms with Crippen LogP contribution in [0.15, 0.2) is 27.6 Å². The minimum atomic E-state index is -3.27. The molecule has 1 aromatic rings. The van der Waals surface area contributed by atoms with Gasteiger partial charge in [0, 0.05) is 4.47 Å². The summed E-state index contributed by atoms with van der Waals surface area (Å²) in [4.78, 5) is 10.7. The first kappa shape index (κ1) is 13.2. The Kier molecular flexibility index (Phi) is 4.09. The molecule has 0 bridgehead atoms. The lowest BCUT2D eigenvalue weighted by Crippen LogP contribution is -2.06. The van der Waals surface area contributed by atoms with Crippen molar-refractivity contribution in [3.8, 4) is 0 Å². The van der Waals surface area contributed by atoms with Crippen LogP contribution in [-0.2, 0) is 21.1 Å². The van der Waals surface area contributed by atoms with Crippen LogP contribution >= 0.6 is 15.9 Å². The van der Waals surface area contributed by atoms with Crippen molar-refractivity contribution in [2.45, 2.75) is 18.2 Å². The van der Waals surface area contributed by atoms with Crippen LogP contribution in [0.2, 0.25) is 0 Å². The van der Waals surface area contributed by atoms with Gasteiger partial charge in [-0.05, 0) is 33.6 Å². The summed E-state index contributed by atoms with van der Waals surface area (Å²) in [5, 5.41) is 8.60. The Hall–Kier alpha value is -0.880. The van der Waals surface area contributed by atoms with E-state index < -0.39 is 15.8 Å². The molecule has 0 radical (unpaired) electrons. The molecule has 0 aliphatic carbocycles. The van der Waals surface area contributed by atoms with Gasteiger partial charge in [-0.1, -0.05) is 13.0 Å². The van der Waals surface area contributed by atoms with Crippen molar-refractivity contribution in [1.29, 1.82) is 0 Å². The number of carboxylic acids is 1. The fourth-order valence-electron chi connectivity index (χ4n) is 1.24. The maximum atomic E-state index is 11.6. The van der Waals surface area contributed by atoms with E-state index in [2.05, 4.69) is 15.9 Å². The van der Waals surface area contributed by atoms with E-state index in [9.17, 15) is 13.2 Å². The normalized spacial score (nSPS) is 11.4. The van der Waals surface area contributed by atoms with E-state index >= 15 is 0 Å². The monoisotopic (exact) mass is 306 g/mol. The number of carboxylic acid groups (broad SMARTS) is 1. The molecule has 0 heterocycles. The molecule has 88 valence electrons. The third-order valence-electron chi connectivity index (χ3n) is 2.07. The van der Waals surface area contributed by atoms with Crippen LogP contribution in [0.4, 0.5) is 0 Å². The molecular weight excluding hydrogens is 296 g/mol. The number of rotatable bonds is 4. The Morgan fingerprint density at radius 3 is 2.50 bits per heavy atom. The Morgan fingerprint density at radius 2 is 2.06 bits per heavy atom. The average Bonchev–Trinajstić information content (AvgIpc) is 2.16. The first-order valence-corrected chi connectivity index (χ1v) is 7.04. The molecule has 0 aliphatic heterocycles. The minimum absolute atomic E-state index is 0.0177. The Labute approximate surface area is 102 Å². The van der Waals surface area contributed by atoms with Crippen molar-refractivity contribution in [3.63, 3.8) is 0 Å². The molecule has 0 unspecified atom stereocenters. The van der Waals surface area contributed by atoms with Crippen molar-refractivity contribution in [3.05, 3.63) is 28.2 Å². The van der Waals surface area contributed by atoms with E-state index in [1.807, 2.05) is 0 Å². The number of hydrogen-bond acceptors (Lipinski definition) is 3. The maximum absolute atomic E-state index is 11.6. The Morgan fingerprint density at radius 1 is 1.44 bits per heavy atom. The van der Waals surface area contributed by atoms with Crippen LogP contribution in [0.3, 0.4) is 0 Å². The van der Waals surface area contributed by atoms with Gasteiger partial charge in [0.1, 0.15) is 0 Å². The summed E-state index contributed by atoms with van der Waals surface area (Å²) >= 11 is 3.14. The zero-order valence-electron chi connectivity index (χ0n) is 8.60. The topological polar surface area (TPSA) is 71.4 Å². The molecule has 0 aromatic heterocycles. The number of benzene rings is 1. The molecule has 0 spiro atoms. The van der Waals surface area contributed by atoms with E-state index in [-0.39, 0.29) is 17.1 Å². The van der Waals surface area contributed by atoms with Gasteiger partial charge in [0.15, 0.2) is 9.84 Å². The molecule has 1 N–H and O–H groups in total. The first-order valence-electron chi connectivity index (χ1n) is 4.60. The van der Waals surface area contributed by atoms with Gasteiger partial charge in [0.05, 0.1) is 17.1 Å². The van der Waals surface area contributed by atoms with Crippen molar-refractivity contribution in [2.24, 2.45) is 0 Å². The second-order valence-corrected chi connectivity index (χ2v) is 6.34. The first-order chi connectivity index (χ1) is 7.36. The molecule has 1 rings (SSSR count). The predicted octanol–water partition coefficient (Wildman–Crippen LogP) is 1.87. The van der Waals surface area contributed by atoms with Gasteiger partial charge in [-0.2, -0.15) is 0 Å². The fraction of sp³-hybridized carbons (Fsp3) is 0.300. The number of carbonyl (C=O) groups is 1. The largest absolute Gasteiger partial charge is 0.481 e. The highest BCUT2D eigenvalue weighted by Gasteiger charge is 2.15. The van der Waals surface area contributed by atoms with Gasteiger partial charge in [0.2, 0.25) is 0 Å². The van der Waals surface area contributed by atoms with Gasteiger partial charge in [-0.15, -0.1) is 0 Å². The minimum Gasteiger partial charge on any atom is -0.481 e. The molecule has 1 aromatic carbocycles. The van der Waals surface area contributed by atoms with Crippen LogP contribution in [0.5, 0.6) is 0 Å². The van der Waals surface area contributed by atoms with Crippen molar-refractivity contribution >= 4 is 31.7 Å². The summed E-state index contributed by atoms with van der Waals surface area (Å²) in [5.41, 5.74) is 0.564. The third-order valence-corrected chi connectivity index (χ3v) is 4.77. The highest BCUT2D eigenvalue weighted by molar-refractivity contribution is 9.10. The molecule has 0 saturated heterocycles. The number of sulfone groups is 1. The van der Waals surface area contributed by atoms with Gasteiger partial charge < -0.3 is 5.11 Å². The van der Waals surface area contributed by atoms with Gasteiger partial charge in [0.25, 0.3) is 0 Å². The van der Waals surface area contributed by atoms with E-state index in [0.29, 0.717) is 10.0 Å². The van der Waals surface area contributed by atoms with E-state index in [4.69, 9.17) is 5.11 Å². The summed E-state index contributed by atoms with van der Waals surface area (Å²) < 4.78 is 23.6. The smallest absolute Gasteiger partial charge is 0.307 e. The average molecular weight is 307 g/mol. The van der Waals surface area contributed by atoms with E-state index in [0.717, 1.165) is 0 Å². The number of halogens is 1. The molecule has 0 fully saturated rings. The highest BCUT2D eigenvalue weighted by Crippen LogP contribution is 2.24. The number of aliphatic carboxylic acids is 1. The van der Waals surface area contributed by atoms with E-state index in [1.54, 1.807) is 6.92 Å². The summed E-state index contributed by atoms with van der Waals surface area (Å²) in [6, 6.07) is 4.47. The summed E-state index contributed by atoms with van der Waals surface area (Å²) in [6.45, 7) is 1.56. The summed E-state index contributed by atoms with van der Waals surface area (Å²) in [5.74, 6) is -0.929. The van der Waals surface area contributed by atoms with Crippen LogP contribution in [0.25, 0.3) is 0 Å². The lowest BCUT2D eigenvalue weighted by atomic mass is 10.2. The summed E-state index contributed by atoms with van der Waals surface area (Å²) in [6.07, 6.45) is -0.120. The van der Waals surface area contributed by atoms with Crippen LogP contribution in [-0.4, -0.2) is 25.2 Å². The van der Waals surface area contributed by atoms with Crippen LogP contribution < -0.4 is 0 Å². The quantitative estimate of drug-likeness (QED) is 0.922. The standard InChI is InChI=1S/C10H11BrO4S/c1-2-16(14,15)9-4-3-7(5-8(9)11)6-10(12)13/h3-5H,2,6H2,1H3,(H,12,13). The van der Waals surface area contributed by atoms with Crippen molar-refractivity contribution < 1.29 is 18.3 Å². The Bertz CT molecular complexity index is 508. The molecule has 0 amide bonds. The van der Waals surface area contributed by atoms with Crippen molar-refractivity contribution in [2.75, 3.05) is 5.75 Å². The molecule has 4 nitrogen and oxygen atoms in total. The molecule has 16 heavy (non-hydrogen) atoms. The zero-order valence-corrected chi connectivity index (χ0v) is 11.0. The maximum Gasteiger partial charge on any atom is 0.307 e. The molecule has 0 aliphatic rings. The predicted molar refractivity (Wildman–Crippen MR) is 63.2 cm³/mol. The second-order valence-electron chi connectivity index (χ2n) is 3.24. The SMILES string of the molecule is CCS(=O)(=O)c1ccc(CC(=O)O)cc1Br. The second kappa shape index (κ2) is 4.97. The van der Waals surface area contributed by atoms with Crippen LogP contribution in [0.1, 0.15) is 12.5 Å². The van der Waals surface area contributed by atoms with Gasteiger partial charge in [-0.25, -0.2) is 8.42 Å².